The van der Waals surface area contributed by atoms with Crippen LogP contribution in [-0.2, 0) is 11.8 Å². The summed E-state index contributed by atoms with van der Waals surface area (Å²) in [7, 11) is 4.46. The van der Waals surface area contributed by atoms with Crippen molar-refractivity contribution in [3.63, 3.8) is 0 Å². The molecule has 0 fully saturated rings. The third-order valence-electron chi connectivity index (χ3n) is 8.34. The van der Waals surface area contributed by atoms with E-state index in [0.29, 0.717) is 39.5 Å². The van der Waals surface area contributed by atoms with Crippen LogP contribution in [0.5, 0.6) is 28.7 Å². The van der Waals surface area contributed by atoms with Gasteiger partial charge in [-0.3, -0.25) is 9.59 Å². The summed E-state index contributed by atoms with van der Waals surface area (Å²) < 4.78 is 16.6. The number of aliphatic hydroxyl groups is 1. The maximum absolute atomic E-state index is 14.5. The molecule has 0 saturated heterocycles. The summed E-state index contributed by atoms with van der Waals surface area (Å²) in [6.45, 7) is 5.21. The van der Waals surface area contributed by atoms with Gasteiger partial charge in [-0.2, -0.15) is 0 Å². The Hall–Kier alpha value is -3.46. The van der Waals surface area contributed by atoms with Crippen LogP contribution in [0.15, 0.2) is 24.3 Å². The van der Waals surface area contributed by atoms with Crippen LogP contribution >= 0.6 is 23.2 Å². The number of phenols is 2. The second-order valence-electron chi connectivity index (χ2n) is 10.7. The number of Topliss-reactive ketones (excluding diaryl/α,β-unsaturated/α-hetero) is 2. The van der Waals surface area contributed by atoms with E-state index in [0.717, 1.165) is 6.07 Å². The van der Waals surface area contributed by atoms with Crippen molar-refractivity contribution in [2.24, 2.45) is 5.92 Å². The highest BCUT2D eigenvalue weighted by molar-refractivity contribution is 6.37. The molecule has 3 N–H and O–H groups in total. The van der Waals surface area contributed by atoms with Gasteiger partial charge < -0.3 is 29.5 Å². The standard InChI is InChI=1S/C30H28Cl2O8/c1-12-7-13(38-4)8-18(39-5)21(12)14-9-19(40-6)25(31)15-10-20-29(2,3)24-23(16(33)11-17(34)26(24)32)28(36)30(20,37)27(35)22(14)15/h7-9,11,20,33-34,37H,10H2,1-6H3. The molecule has 210 valence electrons. The van der Waals surface area contributed by atoms with Crippen LogP contribution in [0.1, 0.15) is 51.3 Å². The summed E-state index contributed by atoms with van der Waals surface area (Å²) in [4.78, 5) is 28.5. The maximum atomic E-state index is 14.5. The number of phenolic OH excluding ortho intramolecular Hbond substituents is 2. The molecule has 8 nitrogen and oxygen atoms in total. The van der Waals surface area contributed by atoms with Gasteiger partial charge in [0.15, 0.2) is 5.60 Å². The van der Waals surface area contributed by atoms with Crippen molar-refractivity contribution in [1.29, 1.82) is 0 Å². The Balaban J connectivity index is 1.87. The van der Waals surface area contributed by atoms with E-state index in [1.807, 2.05) is 6.92 Å². The summed E-state index contributed by atoms with van der Waals surface area (Å²) >= 11 is 13.3. The van der Waals surface area contributed by atoms with E-state index in [1.165, 1.54) is 21.3 Å². The first-order valence-corrected chi connectivity index (χ1v) is 13.2. The lowest BCUT2D eigenvalue weighted by Crippen LogP contribution is -2.64. The zero-order chi connectivity index (χ0) is 29.5. The van der Waals surface area contributed by atoms with Gasteiger partial charge >= 0.3 is 0 Å². The SMILES string of the molecule is COc1cc(C)c(-c2cc(OC)c(Cl)c3c2C(=O)C2(O)C(=O)c4c(O)cc(O)c(Cl)c4C(C)(C)C2C3)c(OC)c1. The number of hydrogen-bond donors (Lipinski definition) is 3. The van der Waals surface area contributed by atoms with Crippen LogP contribution in [0.3, 0.4) is 0 Å². The molecule has 5 rings (SSSR count). The van der Waals surface area contributed by atoms with Gasteiger partial charge in [-0.05, 0) is 47.6 Å². The normalized spacial score (nSPS) is 20.9. The Morgan fingerprint density at radius 3 is 2.05 bits per heavy atom. The number of methoxy groups -OCH3 is 3. The lowest BCUT2D eigenvalue weighted by molar-refractivity contribution is -0.0202. The highest BCUT2D eigenvalue weighted by Crippen LogP contribution is 2.58. The van der Waals surface area contributed by atoms with Gasteiger partial charge in [0.1, 0.15) is 28.7 Å². The number of benzene rings is 3. The summed E-state index contributed by atoms with van der Waals surface area (Å²) in [5, 5.41) is 33.3. The van der Waals surface area contributed by atoms with Crippen LogP contribution < -0.4 is 14.2 Å². The Morgan fingerprint density at radius 1 is 0.825 bits per heavy atom. The predicted molar refractivity (Wildman–Crippen MR) is 150 cm³/mol. The van der Waals surface area contributed by atoms with E-state index in [9.17, 15) is 24.9 Å². The highest BCUT2D eigenvalue weighted by Gasteiger charge is 2.64. The Kier molecular flexibility index (Phi) is 6.53. The number of rotatable bonds is 4. The highest BCUT2D eigenvalue weighted by atomic mass is 35.5. The first-order valence-electron chi connectivity index (χ1n) is 12.4. The molecule has 0 bridgehead atoms. The van der Waals surface area contributed by atoms with E-state index >= 15 is 0 Å². The molecule has 2 aliphatic carbocycles. The van der Waals surface area contributed by atoms with Crippen molar-refractivity contribution in [3.8, 4) is 39.9 Å². The minimum atomic E-state index is -2.57. The second-order valence-corrected chi connectivity index (χ2v) is 11.5. The molecule has 10 heteroatoms. The van der Waals surface area contributed by atoms with Gasteiger partial charge in [-0.25, -0.2) is 0 Å². The van der Waals surface area contributed by atoms with E-state index < -0.39 is 40.0 Å². The first kappa shape index (κ1) is 28.1. The molecule has 40 heavy (non-hydrogen) atoms. The maximum Gasteiger partial charge on any atom is 0.206 e. The van der Waals surface area contributed by atoms with Gasteiger partial charge in [0, 0.05) is 34.7 Å². The van der Waals surface area contributed by atoms with Crippen molar-refractivity contribution < 1.29 is 39.1 Å². The van der Waals surface area contributed by atoms with Crippen LogP contribution in [-0.4, -0.2) is 53.8 Å². The molecule has 3 aromatic rings. The molecule has 0 aromatic heterocycles. The lowest BCUT2D eigenvalue weighted by Gasteiger charge is -2.51. The molecular formula is C30H28Cl2O8. The van der Waals surface area contributed by atoms with Crippen molar-refractivity contribution in [2.45, 2.75) is 38.2 Å². The molecule has 0 aliphatic heterocycles. The first-order chi connectivity index (χ1) is 18.7. The van der Waals surface area contributed by atoms with E-state index in [2.05, 4.69) is 0 Å². The van der Waals surface area contributed by atoms with Crippen molar-refractivity contribution >= 4 is 34.8 Å². The minimum absolute atomic E-state index is 0.0109. The van der Waals surface area contributed by atoms with Gasteiger partial charge in [0.25, 0.3) is 0 Å². The van der Waals surface area contributed by atoms with Gasteiger partial charge in [0.2, 0.25) is 11.6 Å². The second kappa shape index (κ2) is 9.29. The van der Waals surface area contributed by atoms with Crippen LogP contribution in [0, 0.1) is 12.8 Å². The van der Waals surface area contributed by atoms with Crippen molar-refractivity contribution in [3.05, 3.63) is 62.1 Å². The number of carbonyl (C=O) groups is 2. The fourth-order valence-corrected chi connectivity index (χ4v) is 7.10. The quantitative estimate of drug-likeness (QED) is 0.334. The third-order valence-corrected chi connectivity index (χ3v) is 9.14. The average molecular weight is 587 g/mol. The van der Waals surface area contributed by atoms with Gasteiger partial charge in [-0.15, -0.1) is 0 Å². The van der Waals surface area contributed by atoms with Crippen LogP contribution in [0.2, 0.25) is 10.0 Å². The molecule has 0 amide bonds. The molecule has 2 unspecified atom stereocenters. The molecule has 0 heterocycles. The molecular weight excluding hydrogens is 559 g/mol. The Morgan fingerprint density at radius 2 is 1.45 bits per heavy atom. The Bertz CT molecular complexity index is 1630. The average Bonchev–Trinajstić information content (AvgIpc) is 2.91. The van der Waals surface area contributed by atoms with Gasteiger partial charge in [0.05, 0.1) is 36.9 Å². The number of ketones is 2. The van der Waals surface area contributed by atoms with Gasteiger partial charge in [-0.1, -0.05) is 37.0 Å². The minimum Gasteiger partial charge on any atom is -0.507 e. The summed E-state index contributed by atoms with van der Waals surface area (Å²) in [5.74, 6) is -2.70. The summed E-state index contributed by atoms with van der Waals surface area (Å²) in [6.07, 6.45) is -0.0109. The fourth-order valence-electron chi connectivity index (χ4n) is 6.40. The Labute approximate surface area is 241 Å². The fraction of sp³-hybridized carbons (Fsp3) is 0.333. The molecule has 0 radical (unpaired) electrons. The number of fused-ring (bicyclic) bond motifs is 3. The topological polar surface area (TPSA) is 123 Å². The molecule has 3 aromatic carbocycles. The molecule has 0 spiro atoms. The van der Waals surface area contributed by atoms with Crippen molar-refractivity contribution in [2.75, 3.05) is 21.3 Å². The molecule has 0 saturated carbocycles. The largest absolute Gasteiger partial charge is 0.507 e. The number of aromatic hydroxyl groups is 2. The summed E-state index contributed by atoms with van der Waals surface area (Å²) in [5.41, 5.74) is -1.87. The zero-order valence-electron chi connectivity index (χ0n) is 22.7. The monoisotopic (exact) mass is 586 g/mol. The zero-order valence-corrected chi connectivity index (χ0v) is 24.2. The van der Waals surface area contributed by atoms with E-state index in [1.54, 1.807) is 32.0 Å². The summed E-state index contributed by atoms with van der Waals surface area (Å²) in [6, 6.07) is 5.95. The smallest absolute Gasteiger partial charge is 0.206 e. The number of halogens is 2. The molecule has 2 aliphatic rings. The number of ether oxygens (including phenoxy) is 3. The number of hydrogen-bond acceptors (Lipinski definition) is 8. The third kappa shape index (κ3) is 3.56. The van der Waals surface area contributed by atoms with E-state index in [-0.39, 0.29) is 33.2 Å². The van der Waals surface area contributed by atoms with E-state index in [4.69, 9.17) is 37.4 Å². The van der Waals surface area contributed by atoms with Crippen molar-refractivity contribution in [1.82, 2.24) is 0 Å². The molecule has 2 atom stereocenters. The number of carbonyl (C=O) groups excluding carboxylic acids is 2. The number of aryl methyl sites for hydroxylation is 1. The lowest BCUT2D eigenvalue weighted by atomic mass is 9.52. The predicted octanol–water partition coefficient (Wildman–Crippen LogP) is 5.67. The van der Waals surface area contributed by atoms with Crippen LogP contribution in [0.4, 0.5) is 0 Å². The van der Waals surface area contributed by atoms with Crippen LogP contribution in [0.25, 0.3) is 11.1 Å².